The first-order chi connectivity index (χ1) is 20.8. The van der Waals surface area contributed by atoms with Gasteiger partial charge in [-0.2, -0.15) is 13.4 Å². The third-order valence-corrected chi connectivity index (χ3v) is 12.2. The molecule has 1 saturated carbocycles. The number of amides is 3. The Labute approximate surface area is 280 Å². The number of hydrogen-bond acceptors (Lipinski definition) is 7. The highest BCUT2D eigenvalue weighted by atomic mass is 79.9. The van der Waals surface area contributed by atoms with E-state index >= 15 is 0 Å². The van der Waals surface area contributed by atoms with Gasteiger partial charge in [-0.05, 0) is 74.4 Å². The standard InChI is InChI=1S/C30H24Br2Cl2N2O7S/c1-16-2-9-20(10-3-16)44(41,42)43-19-7-4-17(5-8-19)27(37)15-35(28(38)18-6-11-25(33)26(34)12-18)36-29(39)21-13-23(31)24(32)14-22(21)30(36)40/h2-12,21-24H,13-15H2,1H3/t21-,22+,23+,24-. The molecule has 5 rings (SSSR count). The molecule has 1 aliphatic heterocycles. The molecule has 0 unspecified atom stereocenters. The summed E-state index contributed by atoms with van der Waals surface area (Å²) in [7, 11) is -4.12. The molecule has 3 aromatic rings. The minimum atomic E-state index is -4.12. The van der Waals surface area contributed by atoms with Crippen molar-refractivity contribution >= 4 is 88.7 Å². The summed E-state index contributed by atoms with van der Waals surface area (Å²) in [5.41, 5.74) is 0.994. The van der Waals surface area contributed by atoms with Crippen LogP contribution in [-0.2, 0) is 19.7 Å². The van der Waals surface area contributed by atoms with Crippen LogP contribution in [0.25, 0.3) is 0 Å². The van der Waals surface area contributed by atoms with Gasteiger partial charge in [-0.15, -0.1) is 0 Å². The summed E-state index contributed by atoms with van der Waals surface area (Å²) in [5.74, 6) is -3.91. The van der Waals surface area contributed by atoms with Gasteiger partial charge in [-0.3, -0.25) is 19.2 Å². The van der Waals surface area contributed by atoms with E-state index in [1.165, 1.54) is 54.6 Å². The Balaban J connectivity index is 1.41. The largest absolute Gasteiger partial charge is 0.379 e. The Morgan fingerprint density at radius 3 is 1.95 bits per heavy atom. The van der Waals surface area contributed by atoms with E-state index in [-0.39, 0.29) is 41.5 Å². The minimum absolute atomic E-state index is 0.0180. The summed E-state index contributed by atoms with van der Waals surface area (Å²) in [5, 5.41) is 1.89. The predicted molar refractivity (Wildman–Crippen MR) is 171 cm³/mol. The highest BCUT2D eigenvalue weighted by Crippen LogP contribution is 2.44. The van der Waals surface area contributed by atoms with Gasteiger partial charge in [0, 0.05) is 20.8 Å². The van der Waals surface area contributed by atoms with Gasteiger partial charge in [0.25, 0.3) is 17.7 Å². The van der Waals surface area contributed by atoms with Gasteiger partial charge >= 0.3 is 10.1 Å². The summed E-state index contributed by atoms with van der Waals surface area (Å²) < 4.78 is 30.5. The molecule has 14 heteroatoms. The fraction of sp³-hybridized carbons (Fsp3) is 0.267. The van der Waals surface area contributed by atoms with Crippen LogP contribution in [0.15, 0.2) is 71.6 Å². The predicted octanol–water partition coefficient (Wildman–Crippen LogP) is 6.23. The smallest absolute Gasteiger partial charge is 0.339 e. The highest BCUT2D eigenvalue weighted by molar-refractivity contribution is 9.12. The molecule has 0 radical (unpaired) electrons. The molecule has 44 heavy (non-hydrogen) atoms. The number of alkyl halides is 2. The quantitative estimate of drug-likeness (QED) is 0.115. The first-order valence-electron chi connectivity index (χ1n) is 13.3. The molecule has 9 nitrogen and oxygen atoms in total. The zero-order chi connectivity index (χ0) is 31.9. The molecular weight excluding hydrogens is 763 g/mol. The number of fused-ring (bicyclic) bond motifs is 1. The number of hydrogen-bond donors (Lipinski definition) is 0. The van der Waals surface area contributed by atoms with E-state index in [0.29, 0.717) is 12.8 Å². The Morgan fingerprint density at radius 1 is 0.864 bits per heavy atom. The summed E-state index contributed by atoms with van der Waals surface area (Å²) in [6.07, 6.45) is 0.745. The molecule has 230 valence electrons. The number of hydrazine groups is 1. The third-order valence-electron chi connectivity index (χ3n) is 7.52. The van der Waals surface area contributed by atoms with Crippen molar-refractivity contribution in [3.05, 3.63) is 93.5 Å². The van der Waals surface area contributed by atoms with Crippen molar-refractivity contribution in [1.29, 1.82) is 0 Å². The van der Waals surface area contributed by atoms with Crippen molar-refractivity contribution in [2.75, 3.05) is 6.54 Å². The molecule has 0 spiro atoms. The van der Waals surface area contributed by atoms with Gasteiger partial charge in [0.2, 0.25) is 0 Å². The van der Waals surface area contributed by atoms with Gasteiger partial charge in [-0.25, -0.2) is 5.01 Å². The molecule has 2 fully saturated rings. The fourth-order valence-corrected chi connectivity index (χ4v) is 7.60. The van der Waals surface area contributed by atoms with E-state index in [0.717, 1.165) is 15.6 Å². The molecule has 1 heterocycles. The Hall–Kier alpha value is -2.77. The molecule has 1 saturated heterocycles. The van der Waals surface area contributed by atoms with Crippen molar-refractivity contribution in [3.63, 3.8) is 0 Å². The average molecular weight is 787 g/mol. The molecule has 0 N–H and O–H groups in total. The summed E-state index contributed by atoms with van der Waals surface area (Å²) in [6, 6.07) is 15.5. The van der Waals surface area contributed by atoms with Crippen LogP contribution in [0.1, 0.15) is 39.1 Å². The van der Waals surface area contributed by atoms with E-state index in [4.69, 9.17) is 27.4 Å². The number of aryl methyl sites for hydroxylation is 1. The van der Waals surface area contributed by atoms with Crippen LogP contribution in [0.3, 0.4) is 0 Å². The number of carbonyl (C=O) groups is 4. The van der Waals surface area contributed by atoms with E-state index in [2.05, 4.69) is 31.9 Å². The number of imide groups is 1. The molecule has 3 amide bonds. The number of benzene rings is 3. The number of halogens is 4. The van der Waals surface area contributed by atoms with Crippen molar-refractivity contribution in [2.24, 2.45) is 11.8 Å². The second-order valence-corrected chi connectivity index (χ2v) is 15.2. The lowest BCUT2D eigenvalue weighted by atomic mass is 9.81. The van der Waals surface area contributed by atoms with Crippen LogP contribution in [-0.4, -0.2) is 58.1 Å². The van der Waals surface area contributed by atoms with E-state index in [1.54, 1.807) is 12.1 Å². The van der Waals surface area contributed by atoms with Gasteiger partial charge in [0.05, 0.1) is 21.9 Å². The topological polar surface area (TPSA) is 118 Å². The van der Waals surface area contributed by atoms with Crippen molar-refractivity contribution in [2.45, 2.75) is 34.3 Å². The van der Waals surface area contributed by atoms with Crippen LogP contribution in [0.5, 0.6) is 5.75 Å². The second kappa shape index (κ2) is 12.9. The van der Waals surface area contributed by atoms with E-state index < -0.39 is 52.0 Å². The zero-order valence-corrected chi connectivity index (χ0v) is 28.5. The van der Waals surface area contributed by atoms with Gasteiger partial charge in [-0.1, -0.05) is 72.8 Å². The molecule has 1 aliphatic carbocycles. The Morgan fingerprint density at radius 2 is 1.41 bits per heavy atom. The maximum absolute atomic E-state index is 13.8. The van der Waals surface area contributed by atoms with Crippen molar-refractivity contribution in [3.8, 4) is 5.75 Å². The van der Waals surface area contributed by atoms with Gasteiger partial charge in [0.15, 0.2) is 5.78 Å². The van der Waals surface area contributed by atoms with Crippen LogP contribution in [0.2, 0.25) is 10.0 Å². The number of rotatable bonds is 8. The Bertz CT molecular complexity index is 1730. The van der Waals surface area contributed by atoms with Crippen LogP contribution < -0.4 is 4.18 Å². The van der Waals surface area contributed by atoms with Gasteiger partial charge in [0.1, 0.15) is 17.2 Å². The highest BCUT2D eigenvalue weighted by Gasteiger charge is 2.54. The lowest BCUT2D eigenvalue weighted by molar-refractivity contribution is -0.154. The molecular formula is C30H24Br2Cl2N2O7S. The number of nitrogens with zero attached hydrogens (tertiary/aromatic N) is 2. The monoisotopic (exact) mass is 784 g/mol. The van der Waals surface area contributed by atoms with Gasteiger partial charge < -0.3 is 4.18 Å². The summed E-state index contributed by atoms with van der Waals surface area (Å²) in [4.78, 5) is 54.3. The first kappa shape index (κ1) is 32.6. The summed E-state index contributed by atoms with van der Waals surface area (Å²) in [6.45, 7) is 1.17. The second-order valence-electron chi connectivity index (χ2n) is 10.5. The minimum Gasteiger partial charge on any atom is -0.379 e. The van der Waals surface area contributed by atoms with E-state index in [9.17, 15) is 27.6 Å². The fourth-order valence-electron chi connectivity index (χ4n) is 5.13. The number of carbonyl (C=O) groups excluding carboxylic acids is 4. The SMILES string of the molecule is Cc1ccc(S(=O)(=O)Oc2ccc(C(=O)CN(C(=O)c3ccc(Cl)c(Cl)c3)N3C(=O)[C@H]4C[C@@H](Br)[C@@H](Br)C[C@H]4C3=O)cc2)cc1. The van der Waals surface area contributed by atoms with Crippen molar-refractivity contribution in [1.82, 2.24) is 10.0 Å². The zero-order valence-electron chi connectivity index (χ0n) is 23.0. The maximum Gasteiger partial charge on any atom is 0.339 e. The molecule has 2 aliphatic rings. The van der Waals surface area contributed by atoms with E-state index in [1.807, 2.05) is 6.92 Å². The van der Waals surface area contributed by atoms with Crippen LogP contribution >= 0.6 is 55.1 Å². The lowest BCUT2D eigenvalue weighted by Crippen LogP contribution is -2.52. The molecule has 3 aromatic carbocycles. The Kier molecular flexibility index (Phi) is 9.58. The van der Waals surface area contributed by atoms with Crippen LogP contribution in [0.4, 0.5) is 0 Å². The third kappa shape index (κ3) is 6.60. The normalized spacial score (nSPS) is 21.6. The molecule has 0 aromatic heterocycles. The molecule has 4 atom stereocenters. The maximum atomic E-state index is 13.8. The average Bonchev–Trinajstić information content (AvgIpc) is 3.21. The van der Waals surface area contributed by atoms with Crippen LogP contribution in [0, 0.1) is 18.8 Å². The van der Waals surface area contributed by atoms with Crippen molar-refractivity contribution < 1.29 is 31.8 Å². The first-order valence-corrected chi connectivity index (χ1v) is 17.3. The summed E-state index contributed by atoms with van der Waals surface area (Å²) >= 11 is 19.3. The lowest BCUT2D eigenvalue weighted by Gasteiger charge is -2.30. The number of Topliss-reactive ketones (excluding diaryl/α,β-unsaturated/α-hetero) is 1. The molecule has 0 bridgehead atoms. The number of ketones is 1.